The summed E-state index contributed by atoms with van der Waals surface area (Å²) in [5.74, 6) is 0. The number of aliphatic hydroxyl groups excluding tert-OH is 2. The smallest absolute Gasteiger partial charge is 0.0431 e. The second-order valence-electron chi connectivity index (χ2n) is 10.0. The molecule has 0 fully saturated rings. The van der Waals surface area contributed by atoms with E-state index in [4.69, 9.17) is 10.2 Å². The third-order valence-corrected chi connectivity index (χ3v) is 6.77. The predicted octanol–water partition coefficient (Wildman–Crippen LogP) is 8.31. The van der Waals surface area contributed by atoms with E-state index in [2.05, 4.69) is 5.32 Å². The van der Waals surface area contributed by atoms with E-state index in [0.29, 0.717) is 13.2 Å². The highest BCUT2D eigenvalue weighted by Crippen LogP contribution is 2.15. The van der Waals surface area contributed by atoms with Crippen molar-refractivity contribution >= 4 is 0 Å². The maximum Gasteiger partial charge on any atom is 0.0431 e. The minimum Gasteiger partial charge on any atom is -0.396 e. The fraction of sp³-hybridized carbons (Fsp3) is 1.00. The van der Waals surface area contributed by atoms with E-state index in [1.165, 1.54) is 148 Å². The van der Waals surface area contributed by atoms with Crippen LogP contribution in [-0.2, 0) is 0 Å². The molecule has 0 aliphatic carbocycles. The molecular weight excluding hydrogens is 394 g/mol. The summed E-state index contributed by atoms with van der Waals surface area (Å²) in [6.45, 7) is 3.00. The largest absolute Gasteiger partial charge is 0.396 e. The van der Waals surface area contributed by atoms with Crippen molar-refractivity contribution in [2.75, 3.05) is 26.3 Å². The van der Waals surface area contributed by atoms with Crippen LogP contribution in [0.3, 0.4) is 0 Å². The highest BCUT2D eigenvalue weighted by Gasteiger charge is 1.96. The number of rotatable bonds is 29. The third kappa shape index (κ3) is 29.9. The number of nitrogens with one attached hydrogen (secondary N) is 1. The van der Waals surface area contributed by atoms with Crippen LogP contribution in [-0.4, -0.2) is 36.5 Å². The minimum atomic E-state index is 0.343. The summed E-state index contributed by atoms with van der Waals surface area (Å²) < 4.78 is 0. The lowest BCUT2D eigenvalue weighted by Gasteiger charge is -2.05. The zero-order valence-corrected chi connectivity index (χ0v) is 21.9. The van der Waals surface area contributed by atoms with E-state index in [0.717, 1.165) is 25.8 Å². The average molecular weight is 456 g/mol. The zero-order valence-electron chi connectivity index (χ0n) is 21.9. The molecule has 32 heavy (non-hydrogen) atoms. The van der Waals surface area contributed by atoms with Crippen LogP contribution in [0.2, 0.25) is 0 Å². The molecule has 0 saturated heterocycles. The maximum absolute atomic E-state index is 8.76. The fourth-order valence-electron chi connectivity index (χ4n) is 4.56. The highest BCUT2D eigenvalue weighted by molar-refractivity contribution is 4.53. The Morgan fingerprint density at radius 3 is 0.688 bits per heavy atom. The van der Waals surface area contributed by atoms with Crippen molar-refractivity contribution in [2.45, 2.75) is 161 Å². The molecule has 0 aromatic heterocycles. The Morgan fingerprint density at radius 1 is 0.250 bits per heavy atom. The second-order valence-corrected chi connectivity index (χ2v) is 10.0. The van der Waals surface area contributed by atoms with Gasteiger partial charge in [-0.1, -0.05) is 128 Å². The summed E-state index contributed by atoms with van der Waals surface area (Å²) in [4.78, 5) is 0. The van der Waals surface area contributed by atoms with E-state index in [1.54, 1.807) is 0 Å². The van der Waals surface area contributed by atoms with Gasteiger partial charge in [-0.25, -0.2) is 0 Å². The average Bonchev–Trinajstić information content (AvgIpc) is 2.81. The molecule has 3 nitrogen and oxygen atoms in total. The molecular formula is C29H61NO2. The lowest BCUT2D eigenvalue weighted by molar-refractivity contribution is 0.282. The maximum atomic E-state index is 8.76. The van der Waals surface area contributed by atoms with Crippen LogP contribution in [0.25, 0.3) is 0 Å². The van der Waals surface area contributed by atoms with Gasteiger partial charge in [-0.2, -0.15) is 0 Å². The minimum absolute atomic E-state index is 0.343. The summed E-state index contributed by atoms with van der Waals surface area (Å²) in [6.07, 6.45) is 34.0. The molecule has 0 aliphatic rings. The van der Waals surface area contributed by atoms with E-state index in [1.807, 2.05) is 0 Å². The van der Waals surface area contributed by atoms with Gasteiger partial charge in [-0.15, -0.1) is 0 Å². The Balaban J connectivity index is 2.98. The predicted molar refractivity (Wildman–Crippen MR) is 142 cm³/mol. The quantitative estimate of drug-likeness (QED) is 0.0994. The van der Waals surface area contributed by atoms with Gasteiger partial charge < -0.3 is 15.5 Å². The van der Waals surface area contributed by atoms with Gasteiger partial charge in [-0.3, -0.25) is 0 Å². The van der Waals surface area contributed by atoms with Gasteiger partial charge in [0.1, 0.15) is 0 Å². The van der Waals surface area contributed by atoms with Gasteiger partial charge >= 0.3 is 0 Å². The number of hydrogen-bond donors (Lipinski definition) is 3. The molecule has 0 unspecified atom stereocenters. The van der Waals surface area contributed by atoms with Gasteiger partial charge in [0, 0.05) is 13.2 Å². The Labute approximate surface area is 202 Å². The number of hydrogen-bond acceptors (Lipinski definition) is 3. The van der Waals surface area contributed by atoms with Gasteiger partial charge in [0.05, 0.1) is 0 Å². The molecule has 0 saturated carbocycles. The van der Waals surface area contributed by atoms with Crippen LogP contribution in [0.5, 0.6) is 0 Å². The first-order chi connectivity index (χ1) is 15.9. The molecule has 3 N–H and O–H groups in total. The molecule has 0 heterocycles. The van der Waals surface area contributed by atoms with Crippen LogP contribution in [0, 0.1) is 0 Å². The molecule has 0 aliphatic heterocycles. The summed E-state index contributed by atoms with van der Waals surface area (Å²) >= 11 is 0. The first-order valence-electron chi connectivity index (χ1n) is 14.8. The van der Waals surface area contributed by atoms with Crippen molar-refractivity contribution in [3.63, 3.8) is 0 Å². The van der Waals surface area contributed by atoms with Crippen molar-refractivity contribution in [3.05, 3.63) is 0 Å². The van der Waals surface area contributed by atoms with Crippen LogP contribution in [0.1, 0.15) is 161 Å². The van der Waals surface area contributed by atoms with Crippen molar-refractivity contribution < 1.29 is 10.2 Å². The van der Waals surface area contributed by atoms with E-state index < -0.39 is 0 Å². The zero-order chi connectivity index (χ0) is 23.2. The van der Waals surface area contributed by atoms with Crippen LogP contribution in [0.15, 0.2) is 0 Å². The van der Waals surface area contributed by atoms with Gasteiger partial charge in [0.25, 0.3) is 0 Å². The van der Waals surface area contributed by atoms with Gasteiger partial charge in [-0.05, 0) is 45.2 Å². The van der Waals surface area contributed by atoms with Crippen LogP contribution >= 0.6 is 0 Å². The monoisotopic (exact) mass is 455 g/mol. The molecule has 0 radical (unpaired) electrons. The summed E-state index contributed by atoms with van der Waals surface area (Å²) in [5, 5.41) is 21.0. The number of aliphatic hydroxyl groups is 2. The Kier molecular flexibility index (Phi) is 30.8. The molecule has 3 heteroatoms. The highest BCUT2D eigenvalue weighted by atomic mass is 16.3. The molecule has 0 aromatic carbocycles. The van der Waals surface area contributed by atoms with E-state index >= 15 is 0 Å². The van der Waals surface area contributed by atoms with E-state index in [-0.39, 0.29) is 0 Å². The van der Waals surface area contributed by atoms with Gasteiger partial charge in [0.15, 0.2) is 0 Å². The lowest BCUT2D eigenvalue weighted by Crippen LogP contribution is -2.16. The first kappa shape index (κ1) is 31.9. The number of unbranched alkanes of at least 4 members (excludes halogenated alkanes) is 23. The lowest BCUT2D eigenvalue weighted by atomic mass is 10.0. The standard InChI is InChI=1S/C29H61NO2/c31-28-24-20-18-16-14-12-10-8-6-4-2-1-3-5-7-9-11-13-15-17-19-22-26-30-27-23-21-25-29-32/h30-32H,1-29H2. The molecule has 0 bridgehead atoms. The summed E-state index contributed by atoms with van der Waals surface area (Å²) in [7, 11) is 0. The van der Waals surface area contributed by atoms with E-state index in [9.17, 15) is 0 Å². The van der Waals surface area contributed by atoms with Crippen molar-refractivity contribution in [2.24, 2.45) is 0 Å². The Morgan fingerprint density at radius 2 is 0.438 bits per heavy atom. The molecule has 0 amide bonds. The molecule has 0 aromatic rings. The Hall–Kier alpha value is -0.120. The SMILES string of the molecule is OCCCCCCCCCCCCCCCCCCCCCCCCNCCCCCO. The van der Waals surface area contributed by atoms with Crippen LogP contribution < -0.4 is 5.32 Å². The molecule has 0 atom stereocenters. The van der Waals surface area contributed by atoms with Crippen molar-refractivity contribution in [1.29, 1.82) is 0 Å². The molecule has 0 rings (SSSR count). The summed E-state index contributed by atoms with van der Waals surface area (Å²) in [6, 6.07) is 0. The first-order valence-corrected chi connectivity index (χ1v) is 14.8. The molecule has 194 valence electrons. The van der Waals surface area contributed by atoms with Crippen molar-refractivity contribution in [3.8, 4) is 0 Å². The molecule has 0 spiro atoms. The Bertz CT molecular complexity index is 282. The third-order valence-electron chi connectivity index (χ3n) is 6.77. The fourth-order valence-corrected chi connectivity index (χ4v) is 4.56. The van der Waals surface area contributed by atoms with Gasteiger partial charge in [0.2, 0.25) is 0 Å². The van der Waals surface area contributed by atoms with Crippen molar-refractivity contribution in [1.82, 2.24) is 5.32 Å². The second kappa shape index (κ2) is 30.9. The topological polar surface area (TPSA) is 52.5 Å². The summed E-state index contributed by atoms with van der Waals surface area (Å²) in [5.41, 5.74) is 0. The normalized spacial score (nSPS) is 11.4. The van der Waals surface area contributed by atoms with Crippen LogP contribution in [0.4, 0.5) is 0 Å².